The number of amides is 1. The van der Waals surface area contributed by atoms with E-state index in [0.29, 0.717) is 5.75 Å². The first-order valence-electron chi connectivity index (χ1n) is 7.80. The Bertz CT molecular complexity index is 775. The van der Waals surface area contributed by atoms with Crippen molar-refractivity contribution in [3.05, 3.63) is 64.0 Å². The molecule has 0 fully saturated rings. The number of nitro groups is 1. The molecule has 0 aliphatic carbocycles. The van der Waals surface area contributed by atoms with E-state index in [0.717, 1.165) is 0 Å². The highest BCUT2D eigenvalue weighted by Gasteiger charge is 2.23. The topological polar surface area (TPSA) is 81.5 Å². The van der Waals surface area contributed by atoms with Crippen molar-refractivity contribution >= 4 is 11.6 Å². The fourth-order valence-electron chi connectivity index (χ4n) is 2.01. The third-order valence-electron chi connectivity index (χ3n) is 3.82. The second-order valence-corrected chi connectivity index (χ2v) is 6.00. The van der Waals surface area contributed by atoms with Crippen LogP contribution < -0.4 is 10.1 Å². The Morgan fingerprint density at radius 3 is 2.28 bits per heavy atom. The molecule has 7 heteroatoms. The molecule has 0 saturated heterocycles. The molecule has 2 aromatic rings. The Balaban J connectivity index is 2.30. The molecule has 1 amide bonds. The first-order valence-corrected chi connectivity index (χ1v) is 7.80. The number of hydrogen-bond acceptors (Lipinski definition) is 4. The Labute approximate surface area is 144 Å². The van der Waals surface area contributed by atoms with E-state index in [9.17, 15) is 19.3 Å². The fourth-order valence-corrected chi connectivity index (χ4v) is 2.01. The number of benzene rings is 2. The van der Waals surface area contributed by atoms with Crippen LogP contribution in [0.5, 0.6) is 11.5 Å². The highest BCUT2D eigenvalue weighted by molar-refractivity contribution is 5.98. The van der Waals surface area contributed by atoms with Crippen LogP contribution in [0.15, 0.2) is 42.5 Å². The molecule has 25 heavy (non-hydrogen) atoms. The van der Waals surface area contributed by atoms with Crippen LogP contribution in [-0.4, -0.2) is 16.9 Å². The van der Waals surface area contributed by atoms with Crippen LogP contribution in [0.25, 0.3) is 0 Å². The molecular formula is C18H19FN2O4. The van der Waals surface area contributed by atoms with Gasteiger partial charge in [0.15, 0.2) is 0 Å². The third kappa shape index (κ3) is 4.76. The predicted octanol–water partition coefficient (Wildman–Crippen LogP) is 4.30. The molecule has 1 N–H and O–H groups in total. The molecule has 0 radical (unpaired) electrons. The van der Waals surface area contributed by atoms with E-state index in [4.69, 9.17) is 4.74 Å². The Kier molecular flexibility index (Phi) is 5.69. The van der Waals surface area contributed by atoms with Crippen molar-refractivity contribution in [1.29, 1.82) is 0 Å². The number of nitrogens with one attached hydrogen (secondary N) is 1. The number of rotatable bonds is 6. The number of nitro benzene ring substituents is 1. The molecule has 132 valence electrons. The van der Waals surface area contributed by atoms with Crippen LogP contribution in [0.1, 0.15) is 31.1 Å². The van der Waals surface area contributed by atoms with E-state index in [1.165, 1.54) is 42.5 Å². The summed E-state index contributed by atoms with van der Waals surface area (Å²) in [6, 6.07) is 9.10. The number of carbonyl (C=O) groups excluding carboxylic acids is 1. The van der Waals surface area contributed by atoms with Crippen LogP contribution in [0.2, 0.25) is 0 Å². The average Bonchev–Trinajstić information content (AvgIpc) is 2.56. The van der Waals surface area contributed by atoms with Crippen molar-refractivity contribution in [2.24, 2.45) is 5.92 Å². The van der Waals surface area contributed by atoms with Gasteiger partial charge in [-0.2, -0.15) is 0 Å². The molecule has 0 aromatic heterocycles. The van der Waals surface area contributed by atoms with Crippen LogP contribution >= 0.6 is 0 Å². The Morgan fingerprint density at radius 1 is 1.12 bits per heavy atom. The normalized spacial score (nSPS) is 11.9. The maximum Gasteiger partial charge on any atom is 0.282 e. The van der Waals surface area contributed by atoms with Gasteiger partial charge in [0.1, 0.15) is 22.9 Å². The lowest BCUT2D eigenvalue weighted by atomic mass is 10.1. The summed E-state index contributed by atoms with van der Waals surface area (Å²) >= 11 is 0. The van der Waals surface area contributed by atoms with Crippen molar-refractivity contribution in [2.75, 3.05) is 0 Å². The summed E-state index contributed by atoms with van der Waals surface area (Å²) < 4.78 is 18.5. The SMILES string of the molecule is CC(C)[C@H](C)NC(=O)c1cc(Oc2ccc(F)cc2)ccc1[N+](=O)[O-]. The minimum absolute atomic E-state index is 0.0860. The molecule has 0 heterocycles. The maximum absolute atomic E-state index is 12.9. The average molecular weight is 346 g/mol. The van der Waals surface area contributed by atoms with Crippen molar-refractivity contribution in [3.63, 3.8) is 0 Å². The first-order chi connectivity index (χ1) is 11.8. The van der Waals surface area contributed by atoms with E-state index in [2.05, 4.69) is 5.32 Å². The number of nitrogens with zero attached hydrogens (tertiary/aromatic N) is 1. The highest BCUT2D eigenvalue weighted by Crippen LogP contribution is 2.28. The second kappa shape index (κ2) is 7.74. The largest absolute Gasteiger partial charge is 0.457 e. The van der Waals surface area contributed by atoms with E-state index >= 15 is 0 Å². The van der Waals surface area contributed by atoms with Crippen LogP contribution in [0.4, 0.5) is 10.1 Å². The number of halogens is 1. The van der Waals surface area contributed by atoms with Gasteiger partial charge in [0.05, 0.1) is 4.92 Å². The van der Waals surface area contributed by atoms with E-state index in [1.54, 1.807) is 0 Å². The molecule has 0 aliphatic rings. The van der Waals surface area contributed by atoms with Crippen molar-refractivity contribution in [1.82, 2.24) is 5.32 Å². The predicted molar refractivity (Wildman–Crippen MR) is 91.3 cm³/mol. The van der Waals surface area contributed by atoms with Gasteiger partial charge in [-0.1, -0.05) is 13.8 Å². The summed E-state index contributed by atoms with van der Waals surface area (Å²) in [5.41, 5.74) is -0.392. The van der Waals surface area contributed by atoms with Crippen LogP contribution in [-0.2, 0) is 0 Å². The molecule has 6 nitrogen and oxygen atoms in total. The standard InChI is InChI=1S/C18H19FN2O4/c1-11(2)12(3)20-18(22)16-10-15(8-9-17(16)21(23)24)25-14-6-4-13(19)5-7-14/h4-12H,1-3H3,(H,20,22)/t12-/m0/s1. The second-order valence-electron chi connectivity index (χ2n) is 6.00. The van der Waals surface area contributed by atoms with Gasteiger partial charge in [0.2, 0.25) is 0 Å². The number of carbonyl (C=O) groups is 1. The van der Waals surface area contributed by atoms with Gasteiger partial charge in [0.25, 0.3) is 11.6 Å². The summed E-state index contributed by atoms with van der Waals surface area (Å²) in [4.78, 5) is 23.0. The Hall–Kier alpha value is -2.96. The third-order valence-corrected chi connectivity index (χ3v) is 3.82. The van der Waals surface area contributed by atoms with Gasteiger partial charge in [-0.25, -0.2) is 4.39 Å². The molecule has 0 aliphatic heterocycles. The summed E-state index contributed by atoms with van der Waals surface area (Å²) in [5, 5.41) is 13.9. The molecule has 1 atom stereocenters. The zero-order valence-electron chi connectivity index (χ0n) is 14.2. The highest BCUT2D eigenvalue weighted by atomic mass is 19.1. The molecule has 0 bridgehead atoms. The molecular weight excluding hydrogens is 327 g/mol. The van der Waals surface area contributed by atoms with Crippen LogP contribution in [0, 0.1) is 21.8 Å². The van der Waals surface area contributed by atoms with E-state index in [1.807, 2.05) is 20.8 Å². The zero-order valence-corrected chi connectivity index (χ0v) is 14.2. The zero-order chi connectivity index (χ0) is 18.6. The summed E-state index contributed by atoms with van der Waals surface area (Å²) in [6.07, 6.45) is 0. The summed E-state index contributed by atoms with van der Waals surface area (Å²) in [5.74, 6) is -0.158. The maximum atomic E-state index is 12.9. The van der Waals surface area contributed by atoms with Gasteiger partial charge in [-0.3, -0.25) is 14.9 Å². The van der Waals surface area contributed by atoms with E-state index in [-0.39, 0.29) is 29.0 Å². The lowest BCUT2D eigenvalue weighted by Gasteiger charge is -2.17. The molecule has 0 spiro atoms. The lowest BCUT2D eigenvalue weighted by molar-refractivity contribution is -0.385. The quantitative estimate of drug-likeness (QED) is 0.624. The minimum Gasteiger partial charge on any atom is -0.457 e. The van der Waals surface area contributed by atoms with E-state index < -0.39 is 16.6 Å². The molecule has 0 unspecified atom stereocenters. The summed E-state index contributed by atoms with van der Waals surface area (Å²) in [7, 11) is 0. The van der Waals surface area contributed by atoms with Gasteiger partial charge < -0.3 is 10.1 Å². The molecule has 2 aromatic carbocycles. The molecule has 2 rings (SSSR count). The van der Waals surface area contributed by atoms with Crippen molar-refractivity contribution < 1.29 is 18.8 Å². The van der Waals surface area contributed by atoms with Crippen molar-refractivity contribution in [3.8, 4) is 11.5 Å². The summed E-state index contributed by atoms with van der Waals surface area (Å²) in [6.45, 7) is 5.70. The van der Waals surface area contributed by atoms with Gasteiger partial charge in [-0.05, 0) is 43.2 Å². The Morgan fingerprint density at radius 2 is 1.72 bits per heavy atom. The minimum atomic E-state index is -0.614. The monoisotopic (exact) mass is 346 g/mol. The number of ether oxygens (including phenoxy) is 1. The molecule has 0 saturated carbocycles. The van der Waals surface area contributed by atoms with Gasteiger partial charge >= 0.3 is 0 Å². The lowest BCUT2D eigenvalue weighted by Crippen LogP contribution is -2.36. The fraction of sp³-hybridized carbons (Fsp3) is 0.278. The van der Waals surface area contributed by atoms with Gasteiger partial charge in [-0.15, -0.1) is 0 Å². The number of hydrogen-bond donors (Lipinski definition) is 1. The van der Waals surface area contributed by atoms with Crippen LogP contribution in [0.3, 0.4) is 0 Å². The first kappa shape index (κ1) is 18.4. The van der Waals surface area contributed by atoms with Crippen molar-refractivity contribution in [2.45, 2.75) is 26.8 Å². The van der Waals surface area contributed by atoms with Gasteiger partial charge in [0, 0.05) is 18.2 Å². The smallest absolute Gasteiger partial charge is 0.282 e.